The summed E-state index contributed by atoms with van der Waals surface area (Å²) in [5.41, 5.74) is 0.433. The second-order valence-corrected chi connectivity index (χ2v) is 6.13. The van der Waals surface area contributed by atoms with E-state index in [0.717, 1.165) is 6.42 Å². The molecule has 21 heavy (non-hydrogen) atoms. The number of hydrogen-bond donors (Lipinski definition) is 2. The number of primary sulfonamides is 1. The summed E-state index contributed by atoms with van der Waals surface area (Å²) in [6.07, 6.45) is 3.91. The first-order chi connectivity index (χ1) is 9.82. The second-order valence-electron chi connectivity index (χ2n) is 4.60. The largest absolute Gasteiger partial charge is 0.344 e. The van der Waals surface area contributed by atoms with Gasteiger partial charge in [0.1, 0.15) is 10.6 Å². The van der Waals surface area contributed by atoms with Crippen LogP contribution < -0.4 is 10.5 Å². The van der Waals surface area contributed by atoms with Gasteiger partial charge in [0.05, 0.1) is 0 Å². The summed E-state index contributed by atoms with van der Waals surface area (Å²) in [6, 6.07) is 3.41. The van der Waals surface area contributed by atoms with Gasteiger partial charge in [-0.2, -0.15) is 5.10 Å². The Labute approximate surface area is 122 Å². The van der Waals surface area contributed by atoms with Crippen LogP contribution in [0.1, 0.15) is 23.8 Å². The lowest BCUT2D eigenvalue weighted by Crippen LogP contribution is -2.20. The molecule has 0 aliphatic carbocycles. The smallest absolute Gasteiger partial charge is 0.273 e. The number of sulfonamides is 1. The maximum atomic E-state index is 12.2. The molecule has 0 aliphatic heterocycles. The fourth-order valence-corrected chi connectivity index (χ4v) is 2.65. The summed E-state index contributed by atoms with van der Waals surface area (Å²) in [4.78, 5) is 12.0. The molecule has 2 aromatic rings. The van der Waals surface area contributed by atoms with Crippen LogP contribution in [-0.2, 0) is 23.6 Å². The van der Waals surface area contributed by atoms with Gasteiger partial charge in [-0.25, -0.2) is 13.6 Å². The van der Waals surface area contributed by atoms with Gasteiger partial charge < -0.3 is 9.88 Å². The maximum absolute atomic E-state index is 12.2. The number of amides is 1. The minimum Gasteiger partial charge on any atom is -0.344 e. The Kier molecular flexibility index (Phi) is 4.14. The Balaban J connectivity index is 2.30. The number of hydrogen-bond acceptors (Lipinski definition) is 4. The van der Waals surface area contributed by atoms with E-state index in [4.69, 9.17) is 5.14 Å². The number of anilines is 1. The molecular weight excluding hydrogens is 294 g/mol. The van der Waals surface area contributed by atoms with E-state index in [0.29, 0.717) is 12.2 Å². The highest BCUT2D eigenvalue weighted by molar-refractivity contribution is 7.89. The van der Waals surface area contributed by atoms with Crippen molar-refractivity contribution in [3.8, 4) is 0 Å². The molecule has 0 bridgehead atoms. The van der Waals surface area contributed by atoms with Gasteiger partial charge in [0.15, 0.2) is 5.82 Å². The number of aromatic nitrogens is 3. The Morgan fingerprint density at radius 2 is 2.19 bits per heavy atom. The van der Waals surface area contributed by atoms with Gasteiger partial charge in [-0.3, -0.25) is 9.48 Å². The average Bonchev–Trinajstić information content (AvgIpc) is 2.96. The van der Waals surface area contributed by atoms with E-state index in [2.05, 4.69) is 10.4 Å². The van der Waals surface area contributed by atoms with Gasteiger partial charge in [0, 0.05) is 26.0 Å². The van der Waals surface area contributed by atoms with Gasteiger partial charge >= 0.3 is 0 Å². The third-order valence-electron chi connectivity index (χ3n) is 2.86. The maximum Gasteiger partial charge on any atom is 0.273 e. The molecule has 2 heterocycles. The number of aryl methyl sites for hydroxylation is 2. The van der Waals surface area contributed by atoms with Gasteiger partial charge in [-0.05, 0) is 18.6 Å². The molecule has 114 valence electrons. The van der Waals surface area contributed by atoms with Crippen molar-refractivity contribution < 1.29 is 13.2 Å². The van der Waals surface area contributed by atoms with Crippen molar-refractivity contribution in [2.75, 3.05) is 5.32 Å². The van der Waals surface area contributed by atoms with Crippen LogP contribution >= 0.6 is 0 Å². The van der Waals surface area contributed by atoms with E-state index >= 15 is 0 Å². The Morgan fingerprint density at radius 3 is 2.81 bits per heavy atom. The predicted octanol–water partition coefficient (Wildman–Crippen LogP) is 0.531. The Bertz CT molecular complexity index is 760. The van der Waals surface area contributed by atoms with Crippen molar-refractivity contribution in [2.24, 2.45) is 12.2 Å². The molecule has 0 aliphatic rings. The van der Waals surface area contributed by atoms with Crippen LogP contribution in [0.3, 0.4) is 0 Å². The van der Waals surface area contributed by atoms with Crippen molar-refractivity contribution >= 4 is 21.7 Å². The lowest BCUT2D eigenvalue weighted by Gasteiger charge is -2.08. The fourth-order valence-electron chi connectivity index (χ4n) is 1.99. The van der Waals surface area contributed by atoms with E-state index in [-0.39, 0.29) is 10.7 Å². The molecule has 1 amide bonds. The molecule has 2 rings (SSSR count). The molecule has 9 heteroatoms. The third kappa shape index (κ3) is 3.31. The topological polar surface area (TPSA) is 112 Å². The van der Waals surface area contributed by atoms with Crippen molar-refractivity contribution in [1.82, 2.24) is 14.3 Å². The number of nitrogens with two attached hydrogens (primary N) is 1. The summed E-state index contributed by atoms with van der Waals surface area (Å²) in [6.45, 7) is 2.69. The molecule has 8 nitrogen and oxygen atoms in total. The van der Waals surface area contributed by atoms with Crippen LogP contribution in [0.4, 0.5) is 5.82 Å². The molecule has 0 spiro atoms. The first-order valence-corrected chi connectivity index (χ1v) is 7.90. The van der Waals surface area contributed by atoms with Crippen LogP contribution in [0.5, 0.6) is 0 Å². The molecule has 0 saturated carbocycles. The van der Waals surface area contributed by atoms with Crippen LogP contribution in [0, 0.1) is 0 Å². The Morgan fingerprint density at radius 1 is 1.48 bits per heavy atom. The molecule has 0 aromatic carbocycles. The zero-order valence-electron chi connectivity index (χ0n) is 11.8. The van der Waals surface area contributed by atoms with E-state index < -0.39 is 15.9 Å². The van der Waals surface area contributed by atoms with Gasteiger partial charge in [-0.15, -0.1) is 0 Å². The number of nitrogens with zero attached hydrogens (tertiary/aromatic N) is 3. The molecule has 0 radical (unpaired) electrons. The lowest BCUT2D eigenvalue weighted by molar-refractivity contribution is 0.101. The van der Waals surface area contributed by atoms with Crippen LogP contribution in [0.15, 0.2) is 29.4 Å². The van der Waals surface area contributed by atoms with Crippen LogP contribution in [0.25, 0.3) is 0 Å². The minimum atomic E-state index is -3.95. The molecule has 0 unspecified atom stereocenters. The molecule has 0 atom stereocenters. The SMILES string of the molecule is CCCn1cccc1C(=O)Nc1nn(C)cc1S(N)(=O)=O. The predicted molar refractivity (Wildman–Crippen MR) is 77.3 cm³/mol. The quantitative estimate of drug-likeness (QED) is 0.838. The first kappa shape index (κ1) is 15.3. The highest BCUT2D eigenvalue weighted by Gasteiger charge is 2.21. The number of carbonyl (C=O) groups is 1. The van der Waals surface area contributed by atoms with E-state index in [1.807, 2.05) is 6.92 Å². The Hall–Kier alpha value is -2.13. The number of rotatable bonds is 5. The van der Waals surface area contributed by atoms with E-state index in [1.54, 1.807) is 29.9 Å². The van der Waals surface area contributed by atoms with E-state index in [1.165, 1.54) is 10.9 Å². The highest BCUT2D eigenvalue weighted by atomic mass is 32.2. The summed E-state index contributed by atoms with van der Waals surface area (Å²) >= 11 is 0. The first-order valence-electron chi connectivity index (χ1n) is 6.36. The van der Waals surface area contributed by atoms with Crippen LogP contribution in [0.2, 0.25) is 0 Å². The van der Waals surface area contributed by atoms with E-state index in [9.17, 15) is 13.2 Å². The normalized spacial score (nSPS) is 11.6. The lowest BCUT2D eigenvalue weighted by atomic mass is 10.3. The monoisotopic (exact) mass is 311 g/mol. The molecular formula is C12H17N5O3S. The zero-order chi connectivity index (χ0) is 15.6. The molecule has 2 aromatic heterocycles. The summed E-state index contributed by atoms with van der Waals surface area (Å²) in [5.74, 6) is -0.508. The van der Waals surface area contributed by atoms with Crippen molar-refractivity contribution in [3.05, 3.63) is 30.2 Å². The molecule has 0 saturated heterocycles. The standard InChI is InChI=1S/C12H17N5O3S/c1-3-6-17-7-4-5-9(17)12(18)14-11-10(21(13,19)20)8-16(2)15-11/h4-5,7-8H,3,6H2,1-2H3,(H2,13,19,20)(H,14,15,18). The average molecular weight is 311 g/mol. The van der Waals surface area contributed by atoms with Gasteiger partial charge in [-0.1, -0.05) is 6.92 Å². The minimum absolute atomic E-state index is 0.0748. The van der Waals surface area contributed by atoms with Crippen LogP contribution in [-0.4, -0.2) is 28.7 Å². The van der Waals surface area contributed by atoms with Gasteiger partial charge in [0.25, 0.3) is 5.91 Å². The molecule has 3 N–H and O–H groups in total. The summed E-state index contributed by atoms with van der Waals surface area (Å²) in [5, 5.41) is 11.5. The summed E-state index contributed by atoms with van der Waals surface area (Å²) < 4.78 is 26.0. The van der Waals surface area contributed by atoms with Crippen molar-refractivity contribution in [2.45, 2.75) is 24.8 Å². The molecule has 0 fully saturated rings. The second kappa shape index (κ2) is 5.70. The number of nitrogens with one attached hydrogen (secondary N) is 1. The van der Waals surface area contributed by atoms with Crippen molar-refractivity contribution in [3.63, 3.8) is 0 Å². The van der Waals surface area contributed by atoms with Crippen molar-refractivity contribution in [1.29, 1.82) is 0 Å². The highest BCUT2D eigenvalue weighted by Crippen LogP contribution is 2.18. The zero-order valence-corrected chi connectivity index (χ0v) is 12.6. The van der Waals surface area contributed by atoms with Gasteiger partial charge in [0.2, 0.25) is 10.0 Å². The summed E-state index contributed by atoms with van der Waals surface area (Å²) in [7, 11) is -2.41. The number of carbonyl (C=O) groups excluding carboxylic acids is 1. The fraction of sp³-hybridized carbons (Fsp3) is 0.333. The third-order valence-corrected chi connectivity index (χ3v) is 3.77.